The van der Waals surface area contributed by atoms with Gasteiger partial charge in [-0.15, -0.1) is 11.3 Å². The van der Waals surface area contributed by atoms with Gasteiger partial charge in [0.2, 0.25) is 0 Å². The number of nitrogens with zero attached hydrogens (tertiary/aromatic N) is 2. The second-order valence-electron chi connectivity index (χ2n) is 5.62. The van der Waals surface area contributed by atoms with Crippen LogP contribution in [0.2, 0.25) is 0 Å². The topological polar surface area (TPSA) is 73.2 Å². The second-order valence-corrected chi connectivity index (χ2v) is 8.70. The maximum atomic E-state index is 12.4. The predicted octanol–water partition coefficient (Wildman–Crippen LogP) is 2.88. The molecule has 126 valence electrons. The summed E-state index contributed by atoms with van der Waals surface area (Å²) in [5, 5.41) is 4.22. The number of anilines is 1. The van der Waals surface area contributed by atoms with Crippen molar-refractivity contribution in [1.82, 2.24) is 9.78 Å². The molecule has 0 aliphatic carbocycles. The summed E-state index contributed by atoms with van der Waals surface area (Å²) in [6.45, 7) is 3.46. The maximum Gasteiger partial charge on any atom is 0.271 e. The van der Waals surface area contributed by atoms with Gasteiger partial charge in [0.15, 0.2) is 0 Å². The van der Waals surface area contributed by atoms with E-state index in [1.807, 2.05) is 13.0 Å². The van der Waals surface area contributed by atoms with Crippen LogP contribution in [-0.4, -0.2) is 30.9 Å². The van der Waals surface area contributed by atoms with Gasteiger partial charge in [0.1, 0.15) is 4.21 Å². The number of aryl methyl sites for hydroxylation is 1. The molecule has 0 saturated carbocycles. The lowest BCUT2D eigenvalue weighted by Gasteiger charge is -2.22. The minimum Gasteiger partial charge on any atom is -0.376 e. The zero-order valence-electron chi connectivity index (χ0n) is 13.1. The van der Waals surface area contributed by atoms with Crippen molar-refractivity contribution in [2.24, 2.45) is 0 Å². The summed E-state index contributed by atoms with van der Waals surface area (Å²) < 4.78 is 35.1. The molecule has 3 rings (SSSR count). The van der Waals surface area contributed by atoms with Crippen LogP contribution in [-0.2, 0) is 27.7 Å². The maximum absolute atomic E-state index is 12.4. The van der Waals surface area contributed by atoms with E-state index in [4.69, 9.17) is 4.74 Å². The van der Waals surface area contributed by atoms with E-state index in [0.29, 0.717) is 16.4 Å². The van der Waals surface area contributed by atoms with Gasteiger partial charge >= 0.3 is 0 Å². The number of rotatable bonds is 6. The van der Waals surface area contributed by atoms with Crippen LogP contribution in [0.25, 0.3) is 0 Å². The minimum atomic E-state index is -3.54. The highest BCUT2D eigenvalue weighted by atomic mass is 32.2. The molecule has 0 aromatic carbocycles. The third kappa shape index (κ3) is 4.13. The Balaban J connectivity index is 1.65. The van der Waals surface area contributed by atoms with Crippen LogP contribution in [0.3, 0.4) is 0 Å². The normalized spacial score (nSPS) is 18.9. The van der Waals surface area contributed by atoms with Crippen molar-refractivity contribution in [3.05, 3.63) is 29.4 Å². The molecule has 0 amide bonds. The third-order valence-electron chi connectivity index (χ3n) is 3.80. The van der Waals surface area contributed by atoms with Crippen LogP contribution >= 0.6 is 11.3 Å². The first-order chi connectivity index (χ1) is 11.1. The van der Waals surface area contributed by atoms with Crippen molar-refractivity contribution < 1.29 is 13.2 Å². The van der Waals surface area contributed by atoms with Crippen molar-refractivity contribution in [2.75, 3.05) is 11.3 Å². The van der Waals surface area contributed by atoms with Crippen LogP contribution in [0.5, 0.6) is 0 Å². The number of aromatic nitrogens is 2. The fourth-order valence-electron chi connectivity index (χ4n) is 2.57. The van der Waals surface area contributed by atoms with E-state index < -0.39 is 10.0 Å². The third-order valence-corrected chi connectivity index (χ3v) is 6.90. The fraction of sp³-hybridized carbons (Fsp3) is 0.533. The standard InChI is InChI=1S/C15H21N3O3S2/c1-2-14-6-7-15(22-14)23(19,20)17-12-9-16-18(10-12)11-13-5-3-4-8-21-13/h6-7,9-10,13,17H,2-5,8,11H2,1H3. The number of hydrogen-bond acceptors (Lipinski definition) is 5. The quantitative estimate of drug-likeness (QED) is 0.865. The van der Waals surface area contributed by atoms with Crippen molar-refractivity contribution in [2.45, 2.75) is 49.5 Å². The molecule has 2 aromatic heterocycles. The molecule has 1 saturated heterocycles. The predicted molar refractivity (Wildman–Crippen MR) is 90.3 cm³/mol. The molecule has 6 nitrogen and oxygen atoms in total. The highest BCUT2D eigenvalue weighted by molar-refractivity contribution is 7.94. The molecular weight excluding hydrogens is 334 g/mol. The number of nitrogens with one attached hydrogen (secondary N) is 1. The molecule has 23 heavy (non-hydrogen) atoms. The van der Waals surface area contributed by atoms with E-state index in [1.165, 1.54) is 24.0 Å². The Morgan fingerprint density at radius 1 is 1.43 bits per heavy atom. The molecule has 1 aliphatic rings. The first-order valence-corrected chi connectivity index (χ1v) is 10.1. The molecule has 1 N–H and O–H groups in total. The average Bonchev–Trinajstić information content (AvgIpc) is 3.17. The summed E-state index contributed by atoms with van der Waals surface area (Å²) in [6, 6.07) is 3.50. The molecule has 1 aliphatic heterocycles. The molecule has 1 unspecified atom stereocenters. The summed E-state index contributed by atoms with van der Waals surface area (Å²) in [7, 11) is -3.54. The Kier molecular flexibility index (Phi) is 5.03. The van der Waals surface area contributed by atoms with Crippen LogP contribution < -0.4 is 4.72 Å². The van der Waals surface area contributed by atoms with Gasteiger partial charge in [0.25, 0.3) is 10.0 Å². The van der Waals surface area contributed by atoms with Crippen LogP contribution in [0, 0.1) is 0 Å². The number of thiophene rings is 1. The van der Waals surface area contributed by atoms with E-state index in [9.17, 15) is 8.42 Å². The summed E-state index contributed by atoms with van der Waals surface area (Å²) in [6.07, 6.45) is 7.55. The molecular formula is C15H21N3O3S2. The van der Waals surface area contributed by atoms with Gasteiger partial charge < -0.3 is 4.74 Å². The first-order valence-electron chi connectivity index (χ1n) is 7.82. The average molecular weight is 355 g/mol. The Labute approximate surface area is 140 Å². The molecule has 3 heterocycles. The van der Waals surface area contributed by atoms with Gasteiger partial charge in [-0.05, 0) is 37.8 Å². The number of sulfonamides is 1. The van der Waals surface area contributed by atoms with E-state index in [-0.39, 0.29) is 6.10 Å². The Hall–Kier alpha value is -1.38. The molecule has 0 spiro atoms. The van der Waals surface area contributed by atoms with E-state index >= 15 is 0 Å². The van der Waals surface area contributed by atoms with Crippen LogP contribution in [0.15, 0.2) is 28.7 Å². The summed E-state index contributed by atoms with van der Waals surface area (Å²) >= 11 is 1.30. The smallest absolute Gasteiger partial charge is 0.271 e. The van der Waals surface area contributed by atoms with Crippen LogP contribution in [0.4, 0.5) is 5.69 Å². The lowest BCUT2D eigenvalue weighted by atomic mass is 10.1. The van der Waals surface area contributed by atoms with Gasteiger partial charge in [0, 0.05) is 17.7 Å². The van der Waals surface area contributed by atoms with Crippen molar-refractivity contribution in [1.29, 1.82) is 0 Å². The molecule has 0 radical (unpaired) electrons. The molecule has 1 fully saturated rings. The summed E-state index contributed by atoms with van der Waals surface area (Å²) in [4.78, 5) is 1.05. The second kappa shape index (κ2) is 7.02. The highest BCUT2D eigenvalue weighted by Crippen LogP contribution is 2.24. The van der Waals surface area contributed by atoms with Crippen LogP contribution in [0.1, 0.15) is 31.1 Å². The van der Waals surface area contributed by atoms with Gasteiger partial charge in [-0.3, -0.25) is 9.40 Å². The summed E-state index contributed by atoms with van der Waals surface area (Å²) in [5.41, 5.74) is 0.479. The van der Waals surface area contributed by atoms with Gasteiger partial charge in [-0.1, -0.05) is 6.92 Å². The summed E-state index contributed by atoms with van der Waals surface area (Å²) in [5.74, 6) is 0. The molecule has 2 aromatic rings. The number of ether oxygens (including phenoxy) is 1. The zero-order chi connectivity index (χ0) is 16.3. The largest absolute Gasteiger partial charge is 0.376 e. The fourth-order valence-corrected chi connectivity index (χ4v) is 4.90. The van der Waals surface area contributed by atoms with Gasteiger partial charge in [-0.2, -0.15) is 5.10 Å². The van der Waals surface area contributed by atoms with Crippen molar-refractivity contribution in [3.8, 4) is 0 Å². The Morgan fingerprint density at radius 3 is 3.00 bits per heavy atom. The lowest BCUT2D eigenvalue weighted by Crippen LogP contribution is -2.24. The number of hydrogen-bond donors (Lipinski definition) is 1. The highest BCUT2D eigenvalue weighted by Gasteiger charge is 2.19. The van der Waals surface area contributed by atoms with E-state index in [1.54, 1.807) is 16.9 Å². The van der Waals surface area contributed by atoms with Gasteiger partial charge in [0.05, 0.1) is 24.5 Å². The Morgan fingerprint density at radius 2 is 2.30 bits per heavy atom. The monoisotopic (exact) mass is 355 g/mol. The molecule has 8 heteroatoms. The molecule has 0 bridgehead atoms. The lowest BCUT2D eigenvalue weighted by molar-refractivity contribution is 0.00401. The SMILES string of the molecule is CCc1ccc(S(=O)(=O)Nc2cnn(CC3CCCCO3)c2)s1. The molecule has 1 atom stereocenters. The van der Waals surface area contributed by atoms with E-state index in [2.05, 4.69) is 9.82 Å². The first kappa shape index (κ1) is 16.5. The Bertz CT molecular complexity index is 746. The zero-order valence-corrected chi connectivity index (χ0v) is 14.7. The van der Waals surface area contributed by atoms with Crippen molar-refractivity contribution >= 4 is 27.0 Å². The van der Waals surface area contributed by atoms with Gasteiger partial charge in [-0.25, -0.2) is 8.42 Å². The van der Waals surface area contributed by atoms with Crippen molar-refractivity contribution in [3.63, 3.8) is 0 Å². The van der Waals surface area contributed by atoms with E-state index in [0.717, 1.165) is 30.7 Å². The minimum absolute atomic E-state index is 0.164.